The molecule has 1 aromatic heterocycles. The van der Waals surface area contributed by atoms with Crippen molar-refractivity contribution >= 4 is 5.97 Å². The fourth-order valence-electron chi connectivity index (χ4n) is 1.54. The maximum absolute atomic E-state index is 10.8. The molecule has 1 N–H and O–H groups in total. The van der Waals surface area contributed by atoms with Crippen LogP contribution < -0.4 is 0 Å². The van der Waals surface area contributed by atoms with Gasteiger partial charge in [0, 0.05) is 12.3 Å². The predicted octanol–water partition coefficient (Wildman–Crippen LogP) is 1.85. The standard InChI is InChI=1S/C11H16N2O3/c1-6(7(2)11(14)15)10-12-9(13-16-10)5-8-3-4-8/h6-8H,3-5H2,1-2H3,(H,14,15). The molecule has 0 radical (unpaired) electrons. The van der Waals surface area contributed by atoms with Crippen molar-refractivity contribution in [1.82, 2.24) is 10.1 Å². The number of nitrogens with zero attached hydrogens (tertiary/aromatic N) is 2. The summed E-state index contributed by atoms with van der Waals surface area (Å²) in [6.45, 7) is 3.45. The Kier molecular flexibility index (Phi) is 2.94. The fourth-order valence-corrected chi connectivity index (χ4v) is 1.54. The monoisotopic (exact) mass is 224 g/mol. The zero-order valence-electron chi connectivity index (χ0n) is 9.51. The quantitative estimate of drug-likeness (QED) is 0.825. The molecule has 0 aromatic carbocycles. The highest BCUT2D eigenvalue weighted by Gasteiger charge is 2.28. The Morgan fingerprint density at radius 3 is 2.81 bits per heavy atom. The Bertz CT molecular complexity index is 384. The molecule has 2 rings (SSSR count). The lowest BCUT2D eigenvalue weighted by atomic mass is 9.96. The molecule has 1 fully saturated rings. The van der Waals surface area contributed by atoms with Crippen LogP contribution >= 0.6 is 0 Å². The van der Waals surface area contributed by atoms with Crippen LogP contribution in [0.1, 0.15) is 44.3 Å². The first-order chi connectivity index (χ1) is 7.58. The van der Waals surface area contributed by atoms with Gasteiger partial charge >= 0.3 is 5.97 Å². The molecule has 2 atom stereocenters. The maximum atomic E-state index is 10.8. The molecule has 0 aliphatic heterocycles. The number of hydrogen-bond acceptors (Lipinski definition) is 4. The van der Waals surface area contributed by atoms with E-state index in [4.69, 9.17) is 9.63 Å². The lowest BCUT2D eigenvalue weighted by Crippen LogP contribution is -2.16. The first-order valence-corrected chi connectivity index (χ1v) is 5.63. The third kappa shape index (κ3) is 2.40. The van der Waals surface area contributed by atoms with Crippen LogP contribution in [0.3, 0.4) is 0 Å². The van der Waals surface area contributed by atoms with Gasteiger partial charge < -0.3 is 9.63 Å². The molecular formula is C11H16N2O3. The van der Waals surface area contributed by atoms with Crippen molar-refractivity contribution < 1.29 is 14.4 Å². The van der Waals surface area contributed by atoms with Crippen LogP contribution in [0, 0.1) is 11.8 Å². The molecule has 0 spiro atoms. The van der Waals surface area contributed by atoms with Gasteiger partial charge in [-0.15, -0.1) is 0 Å². The van der Waals surface area contributed by atoms with Crippen molar-refractivity contribution in [3.63, 3.8) is 0 Å². The number of carboxylic acids is 1. The summed E-state index contributed by atoms with van der Waals surface area (Å²) < 4.78 is 5.10. The number of carbonyl (C=O) groups is 1. The average molecular weight is 224 g/mol. The Labute approximate surface area is 93.9 Å². The Morgan fingerprint density at radius 2 is 2.25 bits per heavy atom. The molecule has 1 heterocycles. The second kappa shape index (κ2) is 4.23. The SMILES string of the molecule is CC(C(=O)O)C(C)c1nc(CC2CC2)no1. The normalized spacial score (nSPS) is 19.4. The summed E-state index contributed by atoms with van der Waals surface area (Å²) in [6, 6.07) is 0. The van der Waals surface area contributed by atoms with Crippen molar-refractivity contribution in [3.8, 4) is 0 Å². The van der Waals surface area contributed by atoms with Crippen LogP contribution in [0.2, 0.25) is 0 Å². The van der Waals surface area contributed by atoms with E-state index in [2.05, 4.69) is 10.1 Å². The number of aliphatic carboxylic acids is 1. The van der Waals surface area contributed by atoms with Crippen LogP contribution in [0.15, 0.2) is 4.52 Å². The number of carboxylic acid groups (broad SMARTS) is 1. The summed E-state index contributed by atoms with van der Waals surface area (Å²) in [5, 5.41) is 12.8. The van der Waals surface area contributed by atoms with Gasteiger partial charge in [-0.3, -0.25) is 4.79 Å². The fraction of sp³-hybridized carbons (Fsp3) is 0.727. The van der Waals surface area contributed by atoms with Gasteiger partial charge in [-0.2, -0.15) is 4.98 Å². The molecular weight excluding hydrogens is 208 g/mol. The Morgan fingerprint density at radius 1 is 1.56 bits per heavy atom. The van der Waals surface area contributed by atoms with E-state index in [0.29, 0.717) is 17.6 Å². The molecule has 0 bridgehead atoms. The maximum Gasteiger partial charge on any atom is 0.307 e. The first kappa shape index (κ1) is 11.1. The van der Waals surface area contributed by atoms with Crippen LogP contribution in [0.5, 0.6) is 0 Å². The molecule has 1 aromatic rings. The molecule has 88 valence electrons. The lowest BCUT2D eigenvalue weighted by Gasteiger charge is -2.10. The van der Waals surface area contributed by atoms with Gasteiger partial charge in [-0.05, 0) is 18.8 Å². The van der Waals surface area contributed by atoms with Crippen LogP contribution in [-0.4, -0.2) is 21.2 Å². The van der Waals surface area contributed by atoms with E-state index in [-0.39, 0.29) is 5.92 Å². The zero-order valence-corrected chi connectivity index (χ0v) is 9.51. The summed E-state index contributed by atoms with van der Waals surface area (Å²) in [5.74, 6) is 0.270. The second-order valence-electron chi connectivity index (χ2n) is 4.61. The molecule has 16 heavy (non-hydrogen) atoms. The summed E-state index contributed by atoms with van der Waals surface area (Å²) in [5.41, 5.74) is 0. The van der Waals surface area contributed by atoms with Crippen molar-refractivity contribution in [2.45, 2.75) is 39.0 Å². The molecule has 1 saturated carbocycles. The summed E-state index contributed by atoms with van der Waals surface area (Å²) in [6.07, 6.45) is 3.34. The van der Waals surface area contributed by atoms with Gasteiger partial charge in [0.25, 0.3) is 0 Å². The van der Waals surface area contributed by atoms with Crippen molar-refractivity contribution in [2.75, 3.05) is 0 Å². The molecule has 2 unspecified atom stereocenters. The van der Waals surface area contributed by atoms with Gasteiger partial charge in [0.1, 0.15) is 0 Å². The van der Waals surface area contributed by atoms with Crippen LogP contribution in [0.4, 0.5) is 0 Å². The minimum Gasteiger partial charge on any atom is -0.481 e. The highest BCUT2D eigenvalue weighted by molar-refractivity contribution is 5.70. The molecule has 0 amide bonds. The molecule has 5 heteroatoms. The average Bonchev–Trinajstić information content (AvgIpc) is 2.92. The Balaban J connectivity index is 2.02. The molecule has 5 nitrogen and oxygen atoms in total. The number of aromatic nitrogens is 2. The summed E-state index contributed by atoms with van der Waals surface area (Å²) in [7, 11) is 0. The van der Waals surface area contributed by atoms with E-state index in [9.17, 15) is 4.79 Å². The van der Waals surface area contributed by atoms with E-state index in [0.717, 1.165) is 6.42 Å². The third-order valence-electron chi connectivity index (χ3n) is 3.18. The zero-order chi connectivity index (χ0) is 11.7. The van der Waals surface area contributed by atoms with Gasteiger partial charge in [0.2, 0.25) is 5.89 Å². The van der Waals surface area contributed by atoms with E-state index in [1.807, 2.05) is 0 Å². The molecule has 1 aliphatic rings. The van der Waals surface area contributed by atoms with Gasteiger partial charge in [0.15, 0.2) is 5.82 Å². The predicted molar refractivity (Wildman–Crippen MR) is 55.9 cm³/mol. The smallest absolute Gasteiger partial charge is 0.307 e. The number of rotatable bonds is 5. The number of hydrogen-bond donors (Lipinski definition) is 1. The highest BCUT2D eigenvalue weighted by atomic mass is 16.5. The van der Waals surface area contributed by atoms with Gasteiger partial charge in [-0.25, -0.2) is 0 Å². The van der Waals surface area contributed by atoms with Crippen LogP contribution in [-0.2, 0) is 11.2 Å². The van der Waals surface area contributed by atoms with E-state index >= 15 is 0 Å². The first-order valence-electron chi connectivity index (χ1n) is 5.63. The van der Waals surface area contributed by atoms with Gasteiger partial charge in [0.05, 0.1) is 5.92 Å². The lowest BCUT2D eigenvalue weighted by molar-refractivity contribution is -0.141. The van der Waals surface area contributed by atoms with E-state index < -0.39 is 11.9 Å². The minimum atomic E-state index is -0.838. The summed E-state index contributed by atoms with van der Waals surface area (Å²) in [4.78, 5) is 15.1. The highest BCUT2D eigenvalue weighted by Crippen LogP contribution is 2.32. The third-order valence-corrected chi connectivity index (χ3v) is 3.18. The largest absolute Gasteiger partial charge is 0.481 e. The topological polar surface area (TPSA) is 76.2 Å². The van der Waals surface area contributed by atoms with Crippen LogP contribution in [0.25, 0.3) is 0 Å². The van der Waals surface area contributed by atoms with E-state index in [1.165, 1.54) is 12.8 Å². The van der Waals surface area contributed by atoms with E-state index in [1.54, 1.807) is 13.8 Å². The molecule has 1 aliphatic carbocycles. The van der Waals surface area contributed by atoms with Crippen molar-refractivity contribution in [1.29, 1.82) is 0 Å². The minimum absolute atomic E-state index is 0.238. The van der Waals surface area contributed by atoms with Gasteiger partial charge in [-0.1, -0.05) is 19.0 Å². The molecule has 0 saturated heterocycles. The van der Waals surface area contributed by atoms with Crippen molar-refractivity contribution in [2.24, 2.45) is 11.8 Å². The second-order valence-corrected chi connectivity index (χ2v) is 4.61. The Hall–Kier alpha value is -1.39. The van der Waals surface area contributed by atoms with Crippen molar-refractivity contribution in [3.05, 3.63) is 11.7 Å². The summed E-state index contributed by atoms with van der Waals surface area (Å²) >= 11 is 0.